The van der Waals surface area contributed by atoms with Gasteiger partial charge in [-0.15, -0.1) is 24.0 Å². The van der Waals surface area contributed by atoms with Crippen LogP contribution >= 0.6 is 24.0 Å². The Labute approximate surface area is 157 Å². The van der Waals surface area contributed by atoms with Gasteiger partial charge in [0.15, 0.2) is 5.96 Å². The van der Waals surface area contributed by atoms with Crippen LogP contribution in [0.3, 0.4) is 0 Å². The van der Waals surface area contributed by atoms with Crippen molar-refractivity contribution in [2.45, 2.75) is 32.7 Å². The lowest BCUT2D eigenvalue weighted by molar-refractivity contribution is 0.201. The molecule has 1 aromatic heterocycles. The molecule has 1 fully saturated rings. The second-order valence-electron chi connectivity index (χ2n) is 6.27. The Hall–Kier alpha value is -0.760. The first kappa shape index (κ1) is 20.3. The van der Waals surface area contributed by atoms with Crippen molar-refractivity contribution < 1.29 is 0 Å². The first-order chi connectivity index (χ1) is 10.8. The normalized spacial score (nSPS) is 17.4. The highest BCUT2D eigenvalue weighted by molar-refractivity contribution is 14.0. The van der Waals surface area contributed by atoms with Crippen LogP contribution in [0.2, 0.25) is 0 Å². The van der Waals surface area contributed by atoms with Crippen LogP contribution < -0.4 is 10.6 Å². The highest BCUT2D eigenvalue weighted by Crippen LogP contribution is 2.10. The number of hydrogen-bond donors (Lipinski definition) is 2. The first-order valence-electron chi connectivity index (χ1n) is 8.55. The first-order valence-corrected chi connectivity index (χ1v) is 8.55. The Bertz CT molecular complexity index is 426. The number of likely N-dealkylation sites (tertiary alicyclic amines) is 1. The van der Waals surface area contributed by atoms with Gasteiger partial charge in [0.1, 0.15) is 0 Å². The highest BCUT2D eigenvalue weighted by atomic mass is 127. The summed E-state index contributed by atoms with van der Waals surface area (Å²) in [6.45, 7) is 8.86. The quantitative estimate of drug-likeness (QED) is 0.395. The molecule has 0 amide bonds. The van der Waals surface area contributed by atoms with Gasteiger partial charge in [0.2, 0.25) is 0 Å². The molecule has 0 saturated carbocycles. The zero-order valence-electron chi connectivity index (χ0n) is 14.5. The third-order valence-corrected chi connectivity index (χ3v) is 4.19. The SMILES string of the molecule is CN=C(NCCn1cccc1)NCC(C)CN1CCCCC1.I. The van der Waals surface area contributed by atoms with Crippen LogP contribution in [0.5, 0.6) is 0 Å². The van der Waals surface area contributed by atoms with Crippen LogP contribution in [-0.2, 0) is 6.54 Å². The van der Waals surface area contributed by atoms with Crippen molar-refractivity contribution >= 4 is 29.9 Å². The van der Waals surface area contributed by atoms with E-state index in [0.717, 1.165) is 25.6 Å². The minimum Gasteiger partial charge on any atom is -0.356 e. The lowest BCUT2D eigenvalue weighted by Gasteiger charge is -2.29. The van der Waals surface area contributed by atoms with Gasteiger partial charge in [-0.2, -0.15) is 0 Å². The molecule has 1 atom stereocenters. The van der Waals surface area contributed by atoms with Crippen LogP contribution in [-0.4, -0.2) is 55.2 Å². The van der Waals surface area contributed by atoms with Gasteiger partial charge in [-0.25, -0.2) is 0 Å². The summed E-state index contributed by atoms with van der Waals surface area (Å²) >= 11 is 0. The maximum atomic E-state index is 4.30. The summed E-state index contributed by atoms with van der Waals surface area (Å²) in [6, 6.07) is 4.10. The fraction of sp³-hybridized carbons (Fsp3) is 0.706. The topological polar surface area (TPSA) is 44.6 Å². The summed E-state index contributed by atoms with van der Waals surface area (Å²) in [5.74, 6) is 1.54. The molecule has 5 nitrogen and oxygen atoms in total. The molecule has 1 aliphatic heterocycles. The second-order valence-corrected chi connectivity index (χ2v) is 6.27. The number of guanidine groups is 1. The third kappa shape index (κ3) is 8.06. The molecule has 132 valence electrons. The van der Waals surface area contributed by atoms with Gasteiger partial charge in [-0.1, -0.05) is 13.3 Å². The lowest BCUT2D eigenvalue weighted by Crippen LogP contribution is -2.43. The number of nitrogens with one attached hydrogen (secondary N) is 2. The summed E-state index contributed by atoms with van der Waals surface area (Å²) in [6.07, 6.45) is 8.30. The molecule has 0 aliphatic carbocycles. The van der Waals surface area contributed by atoms with E-state index < -0.39 is 0 Å². The van der Waals surface area contributed by atoms with Crippen LogP contribution in [0.4, 0.5) is 0 Å². The Morgan fingerprint density at radius 2 is 1.83 bits per heavy atom. The molecule has 6 heteroatoms. The van der Waals surface area contributed by atoms with Crippen molar-refractivity contribution in [2.75, 3.05) is 39.8 Å². The Morgan fingerprint density at radius 3 is 2.48 bits per heavy atom. The van der Waals surface area contributed by atoms with Crippen molar-refractivity contribution in [3.8, 4) is 0 Å². The average Bonchev–Trinajstić information content (AvgIpc) is 3.05. The van der Waals surface area contributed by atoms with E-state index in [1.165, 1.54) is 38.9 Å². The molecule has 1 unspecified atom stereocenters. The fourth-order valence-corrected chi connectivity index (χ4v) is 2.96. The molecule has 1 saturated heterocycles. The maximum Gasteiger partial charge on any atom is 0.191 e. The van der Waals surface area contributed by atoms with Crippen LogP contribution in [0, 0.1) is 5.92 Å². The molecule has 2 rings (SSSR count). The largest absolute Gasteiger partial charge is 0.356 e. The van der Waals surface area contributed by atoms with E-state index in [1.807, 2.05) is 7.05 Å². The Balaban J connectivity index is 0.00000264. The van der Waals surface area contributed by atoms with E-state index in [9.17, 15) is 0 Å². The average molecular weight is 433 g/mol. The number of piperidine rings is 1. The zero-order chi connectivity index (χ0) is 15.6. The summed E-state index contributed by atoms with van der Waals surface area (Å²) in [4.78, 5) is 6.89. The fourth-order valence-electron chi connectivity index (χ4n) is 2.96. The standard InChI is InChI=1S/C17H31N5.HI/c1-16(15-22-11-4-3-5-12-22)14-20-17(18-2)19-8-13-21-9-6-7-10-21;/h6-7,9-10,16H,3-5,8,11-15H2,1-2H3,(H2,18,19,20);1H. The highest BCUT2D eigenvalue weighted by Gasteiger charge is 2.13. The van der Waals surface area contributed by atoms with E-state index >= 15 is 0 Å². The number of aliphatic imine (C=N–C) groups is 1. The van der Waals surface area contributed by atoms with E-state index in [0.29, 0.717) is 5.92 Å². The van der Waals surface area contributed by atoms with Gasteiger partial charge in [0.25, 0.3) is 0 Å². The van der Waals surface area contributed by atoms with Crippen molar-refractivity contribution in [3.05, 3.63) is 24.5 Å². The monoisotopic (exact) mass is 433 g/mol. The van der Waals surface area contributed by atoms with Gasteiger partial charge >= 0.3 is 0 Å². The van der Waals surface area contributed by atoms with Crippen LogP contribution in [0.25, 0.3) is 0 Å². The second kappa shape index (κ2) is 11.7. The van der Waals surface area contributed by atoms with E-state index in [4.69, 9.17) is 0 Å². The number of rotatable bonds is 7. The Morgan fingerprint density at radius 1 is 1.13 bits per heavy atom. The van der Waals surface area contributed by atoms with E-state index in [1.54, 1.807) is 0 Å². The molecule has 1 aromatic rings. The van der Waals surface area contributed by atoms with Gasteiger partial charge in [0.05, 0.1) is 0 Å². The molecule has 2 N–H and O–H groups in total. The van der Waals surface area contributed by atoms with Crippen LogP contribution in [0.15, 0.2) is 29.5 Å². The summed E-state index contributed by atoms with van der Waals surface area (Å²) in [7, 11) is 1.83. The lowest BCUT2D eigenvalue weighted by atomic mass is 10.1. The smallest absolute Gasteiger partial charge is 0.191 e. The number of aromatic nitrogens is 1. The summed E-state index contributed by atoms with van der Waals surface area (Å²) < 4.78 is 2.17. The summed E-state index contributed by atoms with van der Waals surface area (Å²) in [5.41, 5.74) is 0. The van der Waals surface area contributed by atoms with Gasteiger partial charge < -0.3 is 20.1 Å². The molecular formula is C17H32IN5. The van der Waals surface area contributed by atoms with Crippen molar-refractivity contribution in [2.24, 2.45) is 10.9 Å². The minimum atomic E-state index is 0. The van der Waals surface area contributed by atoms with Gasteiger partial charge in [-0.3, -0.25) is 4.99 Å². The molecular weight excluding hydrogens is 401 g/mol. The number of nitrogens with zero attached hydrogens (tertiary/aromatic N) is 3. The van der Waals surface area contributed by atoms with Gasteiger partial charge in [-0.05, 0) is 44.0 Å². The predicted molar refractivity (Wildman–Crippen MR) is 109 cm³/mol. The minimum absolute atomic E-state index is 0. The molecule has 2 heterocycles. The van der Waals surface area contributed by atoms with Crippen LogP contribution in [0.1, 0.15) is 26.2 Å². The molecule has 0 spiro atoms. The van der Waals surface area contributed by atoms with E-state index in [-0.39, 0.29) is 24.0 Å². The maximum absolute atomic E-state index is 4.30. The molecule has 1 aliphatic rings. The predicted octanol–water partition coefficient (Wildman–Crippen LogP) is 2.39. The number of hydrogen-bond acceptors (Lipinski definition) is 2. The number of halogens is 1. The summed E-state index contributed by atoms with van der Waals surface area (Å²) in [5, 5.41) is 6.81. The molecule has 23 heavy (non-hydrogen) atoms. The van der Waals surface area contributed by atoms with Gasteiger partial charge in [0, 0.05) is 45.6 Å². The van der Waals surface area contributed by atoms with Crippen molar-refractivity contribution in [1.29, 1.82) is 0 Å². The Kier molecular flexibility index (Phi) is 10.3. The molecule has 0 radical (unpaired) electrons. The third-order valence-electron chi connectivity index (χ3n) is 4.19. The molecule has 0 bridgehead atoms. The molecule has 0 aromatic carbocycles. The zero-order valence-corrected chi connectivity index (χ0v) is 16.8. The van der Waals surface area contributed by atoms with E-state index in [2.05, 4.69) is 56.5 Å². The van der Waals surface area contributed by atoms with Crippen molar-refractivity contribution in [3.63, 3.8) is 0 Å². The van der Waals surface area contributed by atoms with Crippen molar-refractivity contribution in [1.82, 2.24) is 20.1 Å².